The zero-order valence-corrected chi connectivity index (χ0v) is 16.5. The third kappa shape index (κ3) is 3.26. The Bertz CT molecular complexity index is 1020. The van der Waals surface area contributed by atoms with Crippen LogP contribution in [0.1, 0.15) is 48.4 Å². The molecule has 1 amide bonds. The largest absolute Gasteiger partial charge is 0.355 e. The molecule has 5 rings (SSSR count). The highest BCUT2D eigenvalue weighted by atomic mass is 16.1. The van der Waals surface area contributed by atoms with Gasteiger partial charge in [-0.1, -0.05) is 30.3 Å². The molecule has 0 radical (unpaired) electrons. The number of benzene rings is 1. The second-order valence-corrected chi connectivity index (χ2v) is 7.77. The van der Waals surface area contributed by atoms with E-state index in [1.165, 1.54) is 19.3 Å². The third-order valence-corrected chi connectivity index (χ3v) is 5.84. The molecule has 1 fully saturated rings. The van der Waals surface area contributed by atoms with Crippen molar-refractivity contribution in [2.75, 3.05) is 23.3 Å². The van der Waals surface area contributed by atoms with Crippen molar-refractivity contribution in [1.29, 1.82) is 0 Å². The SMILES string of the molecule is Cc1nn(-c2ccc(N3CCCCC3)nn2)c2c1[C@H](c1ccccc1)CC(=O)N2. The van der Waals surface area contributed by atoms with E-state index in [9.17, 15) is 4.79 Å². The summed E-state index contributed by atoms with van der Waals surface area (Å²) in [4.78, 5) is 14.7. The van der Waals surface area contributed by atoms with Crippen molar-refractivity contribution in [3.63, 3.8) is 0 Å². The van der Waals surface area contributed by atoms with Gasteiger partial charge < -0.3 is 10.2 Å². The van der Waals surface area contributed by atoms with Gasteiger partial charge in [-0.15, -0.1) is 10.2 Å². The van der Waals surface area contributed by atoms with Crippen LogP contribution >= 0.6 is 0 Å². The number of amides is 1. The average molecular weight is 388 g/mol. The molecule has 1 atom stereocenters. The Morgan fingerprint density at radius 1 is 0.966 bits per heavy atom. The first-order valence-electron chi connectivity index (χ1n) is 10.2. The zero-order valence-electron chi connectivity index (χ0n) is 16.5. The number of rotatable bonds is 3. The summed E-state index contributed by atoms with van der Waals surface area (Å²) in [6.07, 6.45) is 4.09. The number of nitrogens with one attached hydrogen (secondary N) is 1. The summed E-state index contributed by atoms with van der Waals surface area (Å²) in [5.41, 5.74) is 3.08. The predicted octanol–water partition coefficient (Wildman–Crippen LogP) is 3.44. The summed E-state index contributed by atoms with van der Waals surface area (Å²) in [7, 11) is 0. The van der Waals surface area contributed by atoms with Gasteiger partial charge in [-0.2, -0.15) is 9.78 Å². The molecular weight excluding hydrogens is 364 g/mol. The molecule has 0 saturated carbocycles. The zero-order chi connectivity index (χ0) is 19.8. The maximum Gasteiger partial charge on any atom is 0.226 e. The smallest absolute Gasteiger partial charge is 0.226 e. The summed E-state index contributed by atoms with van der Waals surface area (Å²) >= 11 is 0. The molecule has 148 valence electrons. The van der Waals surface area contributed by atoms with Gasteiger partial charge in [0.15, 0.2) is 11.6 Å². The lowest BCUT2D eigenvalue weighted by Gasteiger charge is -2.27. The molecule has 2 aromatic heterocycles. The van der Waals surface area contributed by atoms with Gasteiger partial charge in [0, 0.05) is 31.0 Å². The number of carbonyl (C=O) groups is 1. The van der Waals surface area contributed by atoms with Gasteiger partial charge in [0.25, 0.3) is 0 Å². The Balaban J connectivity index is 1.52. The fraction of sp³-hybridized carbons (Fsp3) is 0.364. The quantitative estimate of drug-likeness (QED) is 0.744. The van der Waals surface area contributed by atoms with Crippen LogP contribution in [-0.4, -0.2) is 39.0 Å². The molecule has 0 bridgehead atoms. The lowest BCUT2D eigenvalue weighted by atomic mass is 9.86. The molecule has 29 heavy (non-hydrogen) atoms. The number of fused-ring (bicyclic) bond motifs is 1. The predicted molar refractivity (Wildman–Crippen MR) is 111 cm³/mol. The minimum absolute atomic E-state index is 0.00529. The molecule has 4 heterocycles. The van der Waals surface area contributed by atoms with Crippen molar-refractivity contribution in [1.82, 2.24) is 20.0 Å². The van der Waals surface area contributed by atoms with Crippen LogP contribution in [0.3, 0.4) is 0 Å². The number of aromatic nitrogens is 4. The highest BCUT2D eigenvalue weighted by molar-refractivity contribution is 5.95. The molecule has 3 aromatic rings. The van der Waals surface area contributed by atoms with Crippen molar-refractivity contribution in [2.24, 2.45) is 0 Å². The minimum Gasteiger partial charge on any atom is -0.355 e. The van der Waals surface area contributed by atoms with Crippen LogP contribution in [0.4, 0.5) is 11.6 Å². The normalized spacial score (nSPS) is 19.0. The minimum atomic E-state index is -0.00889. The Labute approximate surface area is 169 Å². The molecule has 2 aliphatic heterocycles. The molecule has 0 aliphatic carbocycles. The Morgan fingerprint density at radius 2 is 1.69 bits per heavy atom. The van der Waals surface area contributed by atoms with E-state index in [0.29, 0.717) is 18.1 Å². The topological polar surface area (TPSA) is 75.9 Å². The number of hydrogen-bond donors (Lipinski definition) is 1. The maximum atomic E-state index is 12.5. The number of carbonyl (C=O) groups excluding carboxylic acids is 1. The van der Waals surface area contributed by atoms with Crippen molar-refractivity contribution in [2.45, 2.75) is 38.5 Å². The lowest BCUT2D eigenvalue weighted by Crippen LogP contribution is -2.30. The summed E-state index contributed by atoms with van der Waals surface area (Å²) in [6.45, 7) is 4.04. The van der Waals surface area contributed by atoms with E-state index in [1.54, 1.807) is 4.68 Å². The average Bonchev–Trinajstić information content (AvgIpc) is 3.11. The summed E-state index contributed by atoms with van der Waals surface area (Å²) in [6, 6.07) is 14.1. The summed E-state index contributed by atoms with van der Waals surface area (Å²) in [5.74, 6) is 2.20. The summed E-state index contributed by atoms with van der Waals surface area (Å²) < 4.78 is 1.71. The van der Waals surface area contributed by atoms with E-state index >= 15 is 0 Å². The van der Waals surface area contributed by atoms with Gasteiger partial charge in [0.2, 0.25) is 5.91 Å². The second-order valence-electron chi connectivity index (χ2n) is 7.77. The Kier molecular flexibility index (Phi) is 4.50. The first-order chi connectivity index (χ1) is 14.2. The van der Waals surface area contributed by atoms with Crippen LogP contribution in [0, 0.1) is 6.92 Å². The number of hydrogen-bond acceptors (Lipinski definition) is 5. The molecule has 1 aromatic carbocycles. The van der Waals surface area contributed by atoms with Crippen LogP contribution in [0.15, 0.2) is 42.5 Å². The van der Waals surface area contributed by atoms with Crippen LogP contribution < -0.4 is 10.2 Å². The van der Waals surface area contributed by atoms with Crippen molar-refractivity contribution in [3.8, 4) is 5.82 Å². The molecule has 0 spiro atoms. The monoisotopic (exact) mass is 388 g/mol. The number of anilines is 2. The van der Waals surface area contributed by atoms with Gasteiger partial charge in [-0.25, -0.2) is 0 Å². The number of piperidine rings is 1. The second kappa shape index (κ2) is 7.31. The number of aryl methyl sites for hydroxylation is 1. The van der Waals surface area contributed by atoms with Gasteiger partial charge >= 0.3 is 0 Å². The van der Waals surface area contributed by atoms with Gasteiger partial charge in [0.1, 0.15) is 5.82 Å². The Morgan fingerprint density at radius 3 is 2.41 bits per heavy atom. The van der Waals surface area contributed by atoms with Gasteiger partial charge in [-0.3, -0.25) is 4.79 Å². The van der Waals surface area contributed by atoms with E-state index < -0.39 is 0 Å². The van der Waals surface area contributed by atoms with E-state index in [1.807, 2.05) is 37.3 Å². The Hall–Kier alpha value is -3.22. The van der Waals surface area contributed by atoms with Crippen LogP contribution in [-0.2, 0) is 4.79 Å². The van der Waals surface area contributed by atoms with Crippen LogP contribution in [0.2, 0.25) is 0 Å². The molecule has 1 saturated heterocycles. The molecule has 7 nitrogen and oxygen atoms in total. The van der Waals surface area contributed by atoms with E-state index in [-0.39, 0.29) is 11.8 Å². The first-order valence-corrected chi connectivity index (χ1v) is 10.2. The highest BCUT2D eigenvalue weighted by Gasteiger charge is 2.32. The van der Waals surface area contributed by atoms with E-state index in [0.717, 1.165) is 35.7 Å². The van der Waals surface area contributed by atoms with Crippen molar-refractivity contribution >= 4 is 17.5 Å². The molecule has 1 N–H and O–H groups in total. The van der Waals surface area contributed by atoms with Crippen LogP contribution in [0.5, 0.6) is 0 Å². The fourth-order valence-electron chi connectivity index (χ4n) is 4.41. The molecule has 7 heteroatoms. The maximum absolute atomic E-state index is 12.5. The van der Waals surface area contributed by atoms with Gasteiger partial charge in [-0.05, 0) is 43.9 Å². The summed E-state index contributed by atoms with van der Waals surface area (Å²) in [5, 5.41) is 16.6. The van der Waals surface area contributed by atoms with E-state index in [2.05, 4.69) is 32.5 Å². The first kappa shape index (κ1) is 17.8. The molecule has 0 unspecified atom stereocenters. The lowest BCUT2D eigenvalue weighted by molar-refractivity contribution is -0.116. The van der Waals surface area contributed by atoms with Crippen molar-refractivity contribution < 1.29 is 4.79 Å². The third-order valence-electron chi connectivity index (χ3n) is 5.84. The van der Waals surface area contributed by atoms with Gasteiger partial charge in [0.05, 0.1) is 5.69 Å². The fourth-order valence-corrected chi connectivity index (χ4v) is 4.41. The molecular formula is C22H24N6O. The molecule has 2 aliphatic rings. The highest BCUT2D eigenvalue weighted by Crippen LogP contribution is 2.39. The van der Waals surface area contributed by atoms with E-state index in [4.69, 9.17) is 5.10 Å². The standard InChI is InChI=1S/C22H24N6O/c1-15-21-17(16-8-4-2-5-9-16)14-20(29)23-22(21)28(26-15)19-11-10-18(24-25-19)27-12-6-3-7-13-27/h2,4-5,8-11,17H,3,6-7,12-14H2,1H3,(H,23,29)/t17-/m0/s1. The number of nitrogens with zero attached hydrogens (tertiary/aromatic N) is 5. The van der Waals surface area contributed by atoms with Crippen LogP contribution in [0.25, 0.3) is 5.82 Å². The van der Waals surface area contributed by atoms with Crippen molar-refractivity contribution in [3.05, 3.63) is 59.3 Å².